The van der Waals surface area contributed by atoms with Crippen molar-refractivity contribution >= 4 is 10.0 Å². The van der Waals surface area contributed by atoms with E-state index in [2.05, 4.69) is 0 Å². The molecule has 6 heteroatoms. The molecule has 1 heterocycles. The molecule has 5 nitrogen and oxygen atoms in total. The molecular formula is C12H18N2O3S. The van der Waals surface area contributed by atoms with Crippen molar-refractivity contribution < 1.29 is 13.5 Å². The first-order valence-electron chi connectivity index (χ1n) is 5.87. The highest BCUT2D eigenvalue weighted by molar-refractivity contribution is 7.89. The van der Waals surface area contributed by atoms with Crippen LogP contribution in [0.1, 0.15) is 6.42 Å². The summed E-state index contributed by atoms with van der Waals surface area (Å²) in [5, 5.41) is 9.19. The second-order valence-corrected chi connectivity index (χ2v) is 6.70. The molecule has 18 heavy (non-hydrogen) atoms. The van der Waals surface area contributed by atoms with E-state index in [0.29, 0.717) is 13.1 Å². The third-order valence-corrected chi connectivity index (χ3v) is 5.21. The molecule has 0 aliphatic carbocycles. The van der Waals surface area contributed by atoms with Crippen LogP contribution in [0.2, 0.25) is 0 Å². The van der Waals surface area contributed by atoms with Crippen LogP contribution in [0.4, 0.5) is 0 Å². The predicted molar refractivity (Wildman–Crippen MR) is 69.0 cm³/mol. The van der Waals surface area contributed by atoms with Gasteiger partial charge in [0.05, 0.1) is 4.90 Å². The molecule has 0 amide bonds. The zero-order valence-electron chi connectivity index (χ0n) is 10.6. The molecular weight excluding hydrogens is 252 g/mol. The molecule has 1 fully saturated rings. The van der Waals surface area contributed by atoms with Crippen molar-refractivity contribution in [1.82, 2.24) is 9.21 Å². The molecule has 0 saturated carbocycles. The van der Waals surface area contributed by atoms with Gasteiger partial charge in [0.15, 0.2) is 0 Å². The molecule has 1 unspecified atom stereocenters. The number of hydrogen-bond donors (Lipinski definition) is 1. The third-order valence-electron chi connectivity index (χ3n) is 3.33. The van der Waals surface area contributed by atoms with E-state index in [-0.39, 0.29) is 16.7 Å². The summed E-state index contributed by atoms with van der Waals surface area (Å²) in [5.41, 5.74) is 0. The van der Waals surface area contributed by atoms with E-state index >= 15 is 0 Å². The maximum atomic E-state index is 12.3. The summed E-state index contributed by atoms with van der Waals surface area (Å²) in [5.74, 6) is 0.0709. The Morgan fingerprint density at radius 3 is 2.39 bits per heavy atom. The molecule has 0 radical (unpaired) electrons. The van der Waals surface area contributed by atoms with Gasteiger partial charge in [-0.25, -0.2) is 8.42 Å². The fourth-order valence-corrected chi connectivity index (χ4v) is 3.61. The van der Waals surface area contributed by atoms with Crippen molar-refractivity contribution in [3.05, 3.63) is 24.3 Å². The van der Waals surface area contributed by atoms with Crippen LogP contribution in [0.3, 0.4) is 0 Å². The van der Waals surface area contributed by atoms with Crippen molar-refractivity contribution in [2.24, 2.45) is 0 Å². The highest BCUT2D eigenvalue weighted by Gasteiger charge is 2.33. The second-order valence-electron chi connectivity index (χ2n) is 4.76. The maximum absolute atomic E-state index is 12.3. The Hall–Kier alpha value is -1.11. The first-order chi connectivity index (χ1) is 8.41. The summed E-state index contributed by atoms with van der Waals surface area (Å²) in [6.07, 6.45) is 0.852. The van der Waals surface area contributed by atoms with E-state index in [1.165, 1.54) is 28.6 Å². The minimum absolute atomic E-state index is 0.0709. The molecule has 1 N–H and O–H groups in total. The quantitative estimate of drug-likeness (QED) is 0.879. The fraction of sp³-hybridized carbons (Fsp3) is 0.500. The molecule has 0 spiro atoms. The number of likely N-dealkylation sites (N-methyl/N-ethyl adjacent to an activating group) is 1. The van der Waals surface area contributed by atoms with Crippen LogP contribution in [0.25, 0.3) is 0 Å². The van der Waals surface area contributed by atoms with E-state index < -0.39 is 10.0 Å². The number of aromatic hydroxyl groups is 1. The fourth-order valence-electron chi connectivity index (χ4n) is 2.12. The molecule has 1 aromatic carbocycles. The van der Waals surface area contributed by atoms with Crippen molar-refractivity contribution in [3.63, 3.8) is 0 Å². The van der Waals surface area contributed by atoms with Gasteiger partial charge in [-0.1, -0.05) is 0 Å². The van der Waals surface area contributed by atoms with Gasteiger partial charge in [-0.2, -0.15) is 4.31 Å². The number of sulfonamides is 1. The highest BCUT2D eigenvalue weighted by Crippen LogP contribution is 2.23. The maximum Gasteiger partial charge on any atom is 0.243 e. The standard InChI is InChI=1S/C12H18N2O3S/c1-13(2)10-7-8-14(9-10)18(16,17)12-5-3-11(15)4-6-12/h3-6,10,15H,7-9H2,1-2H3. The third kappa shape index (κ3) is 2.50. The van der Waals surface area contributed by atoms with E-state index in [0.717, 1.165) is 6.42 Å². The lowest BCUT2D eigenvalue weighted by atomic mass is 10.2. The summed E-state index contributed by atoms with van der Waals surface area (Å²) in [6, 6.07) is 5.94. The van der Waals surface area contributed by atoms with Crippen LogP contribution in [0, 0.1) is 0 Å². The Bertz CT molecular complexity index is 511. The van der Waals surface area contributed by atoms with Gasteiger partial charge in [0.2, 0.25) is 10.0 Å². The Morgan fingerprint density at radius 2 is 1.89 bits per heavy atom. The Labute approximate surface area is 108 Å². The predicted octanol–water partition coefficient (Wildman–Crippen LogP) is 0.717. The largest absolute Gasteiger partial charge is 0.508 e. The lowest BCUT2D eigenvalue weighted by Gasteiger charge is -2.20. The molecule has 1 saturated heterocycles. The SMILES string of the molecule is CN(C)C1CCN(S(=O)(=O)c2ccc(O)cc2)C1. The molecule has 1 aliphatic heterocycles. The van der Waals surface area contributed by atoms with Gasteiger partial charge >= 0.3 is 0 Å². The van der Waals surface area contributed by atoms with E-state index in [9.17, 15) is 13.5 Å². The zero-order chi connectivity index (χ0) is 13.3. The summed E-state index contributed by atoms with van der Waals surface area (Å²) < 4.78 is 26.2. The Balaban J connectivity index is 2.20. The normalized spacial score (nSPS) is 21.6. The van der Waals surface area contributed by atoms with Crippen LogP contribution in [0.15, 0.2) is 29.2 Å². The number of hydrogen-bond acceptors (Lipinski definition) is 4. The van der Waals surface area contributed by atoms with Gasteiger partial charge in [0, 0.05) is 19.1 Å². The highest BCUT2D eigenvalue weighted by atomic mass is 32.2. The minimum Gasteiger partial charge on any atom is -0.508 e. The molecule has 0 aromatic heterocycles. The van der Waals surface area contributed by atoms with E-state index in [1.54, 1.807) is 0 Å². The van der Waals surface area contributed by atoms with Crippen LogP contribution in [-0.2, 0) is 10.0 Å². The molecule has 2 rings (SSSR count). The summed E-state index contributed by atoms with van der Waals surface area (Å²) in [4.78, 5) is 2.28. The van der Waals surface area contributed by atoms with Crippen LogP contribution in [-0.4, -0.2) is 56.0 Å². The molecule has 0 bridgehead atoms. The van der Waals surface area contributed by atoms with Gasteiger partial charge in [0.25, 0.3) is 0 Å². The summed E-state index contributed by atoms with van der Waals surface area (Å²) in [6.45, 7) is 1.07. The lowest BCUT2D eigenvalue weighted by molar-refractivity contribution is 0.302. The number of nitrogens with zero attached hydrogens (tertiary/aromatic N) is 2. The average Bonchev–Trinajstić information content (AvgIpc) is 2.79. The Morgan fingerprint density at radius 1 is 1.28 bits per heavy atom. The Kier molecular flexibility index (Phi) is 3.61. The zero-order valence-corrected chi connectivity index (χ0v) is 11.4. The molecule has 1 atom stereocenters. The van der Waals surface area contributed by atoms with Crippen LogP contribution >= 0.6 is 0 Å². The number of rotatable bonds is 3. The van der Waals surface area contributed by atoms with Crippen molar-refractivity contribution in [3.8, 4) is 5.75 Å². The number of benzene rings is 1. The van der Waals surface area contributed by atoms with Crippen LogP contribution < -0.4 is 0 Å². The smallest absolute Gasteiger partial charge is 0.243 e. The summed E-state index contributed by atoms with van der Waals surface area (Å²) in [7, 11) is 0.493. The van der Waals surface area contributed by atoms with Crippen molar-refractivity contribution in [1.29, 1.82) is 0 Å². The first-order valence-corrected chi connectivity index (χ1v) is 7.31. The van der Waals surface area contributed by atoms with Gasteiger partial charge < -0.3 is 10.0 Å². The van der Waals surface area contributed by atoms with Crippen molar-refractivity contribution in [2.45, 2.75) is 17.4 Å². The molecule has 1 aliphatic rings. The van der Waals surface area contributed by atoms with Crippen molar-refractivity contribution in [2.75, 3.05) is 27.2 Å². The van der Waals surface area contributed by atoms with E-state index in [4.69, 9.17) is 0 Å². The lowest BCUT2D eigenvalue weighted by Crippen LogP contribution is -2.34. The van der Waals surface area contributed by atoms with E-state index in [1.807, 2.05) is 19.0 Å². The molecule has 1 aromatic rings. The average molecular weight is 270 g/mol. The van der Waals surface area contributed by atoms with Gasteiger partial charge in [0.1, 0.15) is 5.75 Å². The summed E-state index contributed by atoms with van der Waals surface area (Å²) >= 11 is 0. The second kappa shape index (κ2) is 4.87. The van der Waals surface area contributed by atoms with Crippen LogP contribution in [0.5, 0.6) is 5.75 Å². The van der Waals surface area contributed by atoms with Gasteiger partial charge in [-0.05, 0) is 44.8 Å². The topological polar surface area (TPSA) is 60.9 Å². The first kappa shape index (κ1) is 13.3. The van der Waals surface area contributed by atoms with Gasteiger partial charge in [-0.15, -0.1) is 0 Å². The molecule has 100 valence electrons. The number of phenols is 1. The number of phenolic OH excluding ortho intramolecular Hbond substituents is 1. The van der Waals surface area contributed by atoms with Gasteiger partial charge in [-0.3, -0.25) is 0 Å². The minimum atomic E-state index is -3.43. The monoisotopic (exact) mass is 270 g/mol.